The van der Waals surface area contributed by atoms with Gasteiger partial charge in [0.1, 0.15) is 0 Å². The monoisotopic (exact) mass is 204 g/mol. The number of nitrogens with zero attached hydrogens (tertiary/aromatic N) is 1. The second-order valence-electron chi connectivity index (χ2n) is 4.06. The predicted octanol–water partition coefficient (Wildman–Crippen LogP) is 0.454. The molecule has 0 aromatic carbocycles. The summed E-state index contributed by atoms with van der Waals surface area (Å²) in [4.78, 5) is 0. The highest BCUT2D eigenvalue weighted by Crippen LogP contribution is 2.36. The fraction of sp³-hybridized carbons (Fsp3) is 1.00. The fourth-order valence-corrected chi connectivity index (χ4v) is 3.69. The summed E-state index contributed by atoms with van der Waals surface area (Å²) < 4.78 is 23.9. The summed E-state index contributed by atoms with van der Waals surface area (Å²) >= 11 is 0. The molecule has 1 saturated heterocycles. The first-order valence-corrected chi connectivity index (χ1v) is 6.39. The average Bonchev–Trinajstić information content (AvgIpc) is 2.45. The van der Waals surface area contributed by atoms with Crippen molar-refractivity contribution < 1.29 is 8.42 Å². The third-order valence-electron chi connectivity index (χ3n) is 3.29. The van der Waals surface area contributed by atoms with Gasteiger partial charge in [0, 0.05) is 12.6 Å². The molecule has 1 heterocycles. The molecule has 2 atom stereocenters. The highest BCUT2D eigenvalue weighted by atomic mass is 32.2. The van der Waals surface area contributed by atoms with Gasteiger partial charge in [0.05, 0.1) is 0 Å². The molecule has 0 unspecified atom stereocenters. The summed E-state index contributed by atoms with van der Waals surface area (Å²) in [6, 6.07) is 0.212. The van der Waals surface area contributed by atoms with E-state index in [0.717, 1.165) is 19.3 Å². The normalized spacial score (nSPS) is 36.1. The summed E-state index contributed by atoms with van der Waals surface area (Å²) in [7, 11) is -3.44. The molecule has 13 heavy (non-hydrogen) atoms. The van der Waals surface area contributed by atoms with Crippen LogP contribution < -0.4 is 5.14 Å². The molecule has 0 spiro atoms. The Morgan fingerprint density at radius 3 is 2.54 bits per heavy atom. The zero-order valence-corrected chi connectivity index (χ0v) is 8.46. The van der Waals surface area contributed by atoms with E-state index in [2.05, 4.69) is 0 Å². The van der Waals surface area contributed by atoms with Gasteiger partial charge in [0.2, 0.25) is 0 Å². The Morgan fingerprint density at radius 1 is 1.15 bits per heavy atom. The molecule has 1 aliphatic carbocycles. The van der Waals surface area contributed by atoms with Crippen LogP contribution in [0.25, 0.3) is 0 Å². The molecular formula is C8H16N2O2S. The summed E-state index contributed by atoms with van der Waals surface area (Å²) in [6.07, 6.45) is 5.58. The molecule has 0 amide bonds. The molecule has 76 valence electrons. The maximum absolute atomic E-state index is 11.2. The summed E-state index contributed by atoms with van der Waals surface area (Å²) in [5.74, 6) is 0.576. The van der Waals surface area contributed by atoms with Gasteiger partial charge in [-0.05, 0) is 25.2 Å². The van der Waals surface area contributed by atoms with Gasteiger partial charge in [-0.25, -0.2) is 5.14 Å². The minimum atomic E-state index is -3.44. The third kappa shape index (κ3) is 1.73. The highest BCUT2D eigenvalue weighted by Gasteiger charge is 2.40. The van der Waals surface area contributed by atoms with E-state index in [1.807, 2.05) is 0 Å². The minimum absolute atomic E-state index is 0.212. The Kier molecular flexibility index (Phi) is 2.33. The lowest BCUT2D eigenvalue weighted by molar-refractivity contribution is 0.260. The SMILES string of the molecule is NS(=O)(=O)N1CC[C@@H]2CCCC[C@@H]21. The molecule has 0 radical (unpaired) electrons. The Bertz CT molecular complexity index is 289. The minimum Gasteiger partial charge on any atom is -0.216 e. The first-order chi connectivity index (χ1) is 6.09. The zero-order chi connectivity index (χ0) is 9.47. The third-order valence-corrected chi connectivity index (χ3v) is 4.39. The van der Waals surface area contributed by atoms with Crippen LogP contribution in [0.5, 0.6) is 0 Å². The van der Waals surface area contributed by atoms with Crippen molar-refractivity contribution in [1.29, 1.82) is 0 Å². The van der Waals surface area contributed by atoms with Crippen LogP contribution in [-0.2, 0) is 10.2 Å². The van der Waals surface area contributed by atoms with E-state index < -0.39 is 10.2 Å². The molecule has 1 saturated carbocycles. The van der Waals surface area contributed by atoms with Crippen molar-refractivity contribution in [3.05, 3.63) is 0 Å². The summed E-state index contributed by atoms with van der Waals surface area (Å²) in [6.45, 7) is 0.633. The van der Waals surface area contributed by atoms with Crippen LogP contribution in [0.1, 0.15) is 32.1 Å². The van der Waals surface area contributed by atoms with Crippen LogP contribution in [-0.4, -0.2) is 25.3 Å². The van der Waals surface area contributed by atoms with Crippen molar-refractivity contribution in [2.75, 3.05) is 6.54 Å². The Balaban J connectivity index is 2.16. The van der Waals surface area contributed by atoms with Crippen molar-refractivity contribution in [1.82, 2.24) is 4.31 Å². The molecule has 0 bridgehead atoms. The van der Waals surface area contributed by atoms with E-state index in [0.29, 0.717) is 12.5 Å². The second kappa shape index (κ2) is 3.22. The first-order valence-electron chi connectivity index (χ1n) is 4.88. The molecule has 1 aliphatic heterocycles. The van der Waals surface area contributed by atoms with Gasteiger partial charge in [0.15, 0.2) is 0 Å². The molecule has 4 nitrogen and oxygen atoms in total. The standard InChI is InChI=1S/C8H16N2O2S/c9-13(11,12)10-6-5-7-3-1-2-4-8(7)10/h7-8H,1-6H2,(H2,9,11,12)/t7-,8-/m0/s1. The van der Waals surface area contributed by atoms with Crippen LogP contribution in [0.4, 0.5) is 0 Å². The quantitative estimate of drug-likeness (QED) is 0.674. The lowest BCUT2D eigenvalue weighted by atomic mass is 9.86. The Labute approximate surface area is 79.3 Å². The Hall–Kier alpha value is -0.130. The van der Waals surface area contributed by atoms with Crippen molar-refractivity contribution in [2.24, 2.45) is 11.1 Å². The van der Waals surface area contributed by atoms with Gasteiger partial charge in [-0.2, -0.15) is 12.7 Å². The van der Waals surface area contributed by atoms with Gasteiger partial charge in [-0.3, -0.25) is 0 Å². The zero-order valence-electron chi connectivity index (χ0n) is 7.65. The lowest BCUT2D eigenvalue weighted by Crippen LogP contribution is -2.42. The van der Waals surface area contributed by atoms with Gasteiger partial charge >= 0.3 is 0 Å². The molecule has 2 aliphatic rings. The molecular weight excluding hydrogens is 188 g/mol. The van der Waals surface area contributed by atoms with E-state index >= 15 is 0 Å². The maximum atomic E-state index is 11.2. The van der Waals surface area contributed by atoms with Gasteiger partial charge < -0.3 is 0 Å². The molecule has 2 fully saturated rings. The first kappa shape index (κ1) is 9.43. The second-order valence-corrected chi connectivity index (χ2v) is 5.56. The highest BCUT2D eigenvalue weighted by molar-refractivity contribution is 7.86. The Morgan fingerprint density at radius 2 is 1.85 bits per heavy atom. The van der Waals surface area contributed by atoms with Crippen LogP contribution in [0.3, 0.4) is 0 Å². The molecule has 5 heteroatoms. The van der Waals surface area contributed by atoms with E-state index in [1.54, 1.807) is 0 Å². The number of hydrogen-bond acceptors (Lipinski definition) is 2. The van der Waals surface area contributed by atoms with Crippen LogP contribution in [0.15, 0.2) is 0 Å². The van der Waals surface area contributed by atoms with E-state index in [4.69, 9.17) is 5.14 Å². The van der Waals surface area contributed by atoms with Crippen molar-refractivity contribution in [3.8, 4) is 0 Å². The maximum Gasteiger partial charge on any atom is 0.277 e. The number of hydrogen-bond donors (Lipinski definition) is 1. The topological polar surface area (TPSA) is 63.4 Å². The lowest BCUT2D eigenvalue weighted by Gasteiger charge is -2.29. The molecule has 2 rings (SSSR count). The van der Waals surface area contributed by atoms with Gasteiger partial charge in [0.25, 0.3) is 10.2 Å². The smallest absolute Gasteiger partial charge is 0.216 e. The summed E-state index contributed by atoms with van der Waals surface area (Å²) in [5, 5.41) is 5.15. The van der Waals surface area contributed by atoms with Crippen LogP contribution >= 0.6 is 0 Å². The average molecular weight is 204 g/mol. The number of rotatable bonds is 1. The number of fused-ring (bicyclic) bond motifs is 1. The van der Waals surface area contributed by atoms with Crippen molar-refractivity contribution in [3.63, 3.8) is 0 Å². The molecule has 2 N–H and O–H groups in total. The summed E-state index contributed by atoms with van der Waals surface area (Å²) in [5.41, 5.74) is 0. The van der Waals surface area contributed by atoms with Crippen molar-refractivity contribution in [2.45, 2.75) is 38.1 Å². The fourth-order valence-electron chi connectivity index (χ4n) is 2.68. The predicted molar refractivity (Wildman–Crippen MR) is 50.2 cm³/mol. The van der Waals surface area contributed by atoms with E-state index in [9.17, 15) is 8.42 Å². The van der Waals surface area contributed by atoms with Gasteiger partial charge in [-0.1, -0.05) is 12.8 Å². The number of nitrogens with two attached hydrogens (primary N) is 1. The van der Waals surface area contributed by atoms with Crippen molar-refractivity contribution >= 4 is 10.2 Å². The van der Waals surface area contributed by atoms with Crippen LogP contribution in [0, 0.1) is 5.92 Å². The molecule has 0 aromatic heterocycles. The van der Waals surface area contributed by atoms with Crippen LogP contribution in [0.2, 0.25) is 0 Å². The molecule has 0 aromatic rings. The van der Waals surface area contributed by atoms with E-state index in [-0.39, 0.29) is 6.04 Å². The van der Waals surface area contributed by atoms with Gasteiger partial charge in [-0.15, -0.1) is 0 Å². The van der Waals surface area contributed by atoms with E-state index in [1.165, 1.54) is 17.1 Å². The largest absolute Gasteiger partial charge is 0.277 e.